The summed E-state index contributed by atoms with van der Waals surface area (Å²) in [4.78, 5) is 0.328. The minimum atomic E-state index is -3.47. The molecule has 4 nitrogen and oxygen atoms in total. The van der Waals surface area contributed by atoms with Crippen molar-refractivity contribution in [1.82, 2.24) is 4.31 Å². The van der Waals surface area contributed by atoms with E-state index < -0.39 is 10.0 Å². The molecule has 2 N–H and O–H groups in total. The second-order valence-corrected chi connectivity index (χ2v) is 5.95. The minimum Gasteiger partial charge on any atom is -0.326 e. The summed E-state index contributed by atoms with van der Waals surface area (Å²) < 4.78 is 26.4. The fraction of sp³-hybridized carbons (Fsp3) is 0.385. The number of sulfonamides is 1. The van der Waals surface area contributed by atoms with Crippen LogP contribution in [0, 0.1) is 6.92 Å². The number of aryl methyl sites for hydroxylation is 1. The fourth-order valence-corrected chi connectivity index (χ4v) is 3.42. The maximum absolute atomic E-state index is 12.5. The summed E-state index contributed by atoms with van der Waals surface area (Å²) in [6.07, 6.45) is 1.59. The zero-order valence-electron chi connectivity index (χ0n) is 10.9. The van der Waals surface area contributed by atoms with Crippen LogP contribution in [-0.2, 0) is 16.6 Å². The van der Waals surface area contributed by atoms with Gasteiger partial charge in [-0.25, -0.2) is 8.42 Å². The number of nitrogens with zero attached hydrogens (tertiary/aromatic N) is 1. The molecule has 0 aliphatic rings. The van der Waals surface area contributed by atoms with Gasteiger partial charge in [-0.3, -0.25) is 0 Å². The van der Waals surface area contributed by atoms with Crippen molar-refractivity contribution in [2.45, 2.75) is 25.3 Å². The van der Waals surface area contributed by atoms with E-state index in [9.17, 15) is 8.42 Å². The van der Waals surface area contributed by atoms with Crippen molar-refractivity contribution in [3.63, 3.8) is 0 Å². The summed E-state index contributed by atoms with van der Waals surface area (Å²) in [6.45, 7) is 8.24. The van der Waals surface area contributed by atoms with Gasteiger partial charge in [0.15, 0.2) is 0 Å². The summed E-state index contributed by atoms with van der Waals surface area (Å²) in [5.74, 6) is 0. The van der Waals surface area contributed by atoms with Crippen LogP contribution in [0.3, 0.4) is 0 Å². The normalized spacial score (nSPS) is 11.8. The maximum atomic E-state index is 12.5. The molecule has 0 bridgehead atoms. The lowest BCUT2D eigenvalue weighted by atomic mass is 10.1. The topological polar surface area (TPSA) is 63.4 Å². The Morgan fingerprint density at radius 3 is 2.61 bits per heavy atom. The lowest BCUT2D eigenvalue weighted by molar-refractivity contribution is 0.459. The molecular formula is C13H20N2O2S. The van der Waals surface area contributed by atoms with Crippen LogP contribution in [0.15, 0.2) is 35.7 Å². The van der Waals surface area contributed by atoms with Crippen LogP contribution in [0.25, 0.3) is 0 Å². The summed E-state index contributed by atoms with van der Waals surface area (Å²) in [6, 6.07) is 5.28. The lowest BCUT2D eigenvalue weighted by Crippen LogP contribution is -2.31. The van der Waals surface area contributed by atoms with E-state index >= 15 is 0 Å². The summed E-state index contributed by atoms with van der Waals surface area (Å²) in [7, 11) is -3.47. The van der Waals surface area contributed by atoms with Crippen LogP contribution in [0.2, 0.25) is 0 Å². The van der Waals surface area contributed by atoms with E-state index in [2.05, 4.69) is 6.58 Å². The Labute approximate surface area is 109 Å². The Morgan fingerprint density at radius 1 is 1.44 bits per heavy atom. The van der Waals surface area contributed by atoms with Crippen molar-refractivity contribution in [3.8, 4) is 0 Å². The Balaban J connectivity index is 3.30. The largest absolute Gasteiger partial charge is 0.326 e. The molecule has 0 saturated carbocycles. The molecule has 5 heteroatoms. The molecule has 0 radical (unpaired) electrons. The molecule has 0 spiro atoms. The number of nitrogens with two attached hydrogens (primary N) is 1. The Hall–Kier alpha value is -1.17. The molecule has 1 aromatic rings. The van der Waals surface area contributed by atoms with Gasteiger partial charge in [0.1, 0.15) is 0 Å². The monoisotopic (exact) mass is 268 g/mol. The van der Waals surface area contributed by atoms with Gasteiger partial charge in [-0.15, -0.1) is 6.58 Å². The summed E-state index contributed by atoms with van der Waals surface area (Å²) in [5, 5.41) is 0. The summed E-state index contributed by atoms with van der Waals surface area (Å²) in [5.41, 5.74) is 7.10. The van der Waals surface area contributed by atoms with Gasteiger partial charge in [-0.05, 0) is 24.1 Å². The van der Waals surface area contributed by atoms with Gasteiger partial charge in [0.25, 0.3) is 0 Å². The Morgan fingerprint density at radius 2 is 2.11 bits per heavy atom. The van der Waals surface area contributed by atoms with Gasteiger partial charge in [-0.1, -0.05) is 25.1 Å². The minimum absolute atomic E-state index is 0.311. The molecule has 0 amide bonds. The van der Waals surface area contributed by atoms with Crippen molar-refractivity contribution in [2.24, 2.45) is 5.73 Å². The first-order chi connectivity index (χ1) is 8.47. The van der Waals surface area contributed by atoms with Crippen molar-refractivity contribution in [2.75, 3.05) is 13.1 Å². The van der Waals surface area contributed by atoms with Crippen LogP contribution in [-0.4, -0.2) is 25.8 Å². The average molecular weight is 268 g/mol. The van der Waals surface area contributed by atoms with E-state index in [1.165, 1.54) is 4.31 Å². The highest BCUT2D eigenvalue weighted by Gasteiger charge is 2.23. The van der Waals surface area contributed by atoms with Crippen LogP contribution in [0.1, 0.15) is 18.1 Å². The highest BCUT2D eigenvalue weighted by atomic mass is 32.2. The molecule has 1 rings (SSSR count). The van der Waals surface area contributed by atoms with Crippen molar-refractivity contribution >= 4 is 10.0 Å². The van der Waals surface area contributed by atoms with Crippen molar-refractivity contribution in [1.29, 1.82) is 0 Å². The zero-order chi connectivity index (χ0) is 13.8. The molecule has 18 heavy (non-hydrogen) atoms. The molecule has 0 aromatic heterocycles. The quantitative estimate of drug-likeness (QED) is 0.798. The van der Waals surface area contributed by atoms with E-state index in [-0.39, 0.29) is 0 Å². The number of benzene rings is 1. The second kappa shape index (κ2) is 6.13. The molecular weight excluding hydrogens is 248 g/mol. The number of hydrogen-bond acceptors (Lipinski definition) is 3. The molecule has 0 unspecified atom stereocenters. The maximum Gasteiger partial charge on any atom is 0.243 e. The van der Waals surface area contributed by atoms with Gasteiger partial charge >= 0.3 is 0 Å². The third-order valence-corrected chi connectivity index (χ3v) is 4.87. The van der Waals surface area contributed by atoms with Crippen molar-refractivity contribution in [3.05, 3.63) is 42.0 Å². The molecule has 0 fully saturated rings. The molecule has 100 valence electrons. The van der Waals surface area contributed by atoms with Crippen LogP contribution < -0.4 is 5.73 Å². The summed E-state index contributed by atoms with van der Waals surface area (Å²) >= 11 is 0. The van der Waals surface area contributed by atoms with E-state index in [0.29, 0.717) is 24.5 Å². The Kier molecular flexibility index (Phi) is 5.07. The van der Waals surface area contributed by atoms with E-state index in [1.807, 2.05) is 13.0 Å². The molecule has 0 aliphatic carbocycles. The van der Waals surface area contributed by atoms with Gasteiger partial charge in [0, 0.05) is 19.6 Å². The molecule has 0 atom stereocenters. The van der Waals surface area contributed by atoms with Crippen LogP contribution in [0.5, 0.6) is 0 Å². The number of likely N-dealkylation sites (N-methyl/N-ethyl adjacent to an activating group) is 1. The first kappa shape index (κ1) is 14.9. The average Bonchev–Trinajstić information content (AvgIpc) is 2.36. The molecule has 0 saturated heterocycles. The Bertz CT molecular complexity index is 524. The van der Waals surface area contributed by atoms with Gasteiger partial charge < -0.3 is 5.73 Å². The molecule has 0 heterocycles. The highest BCUT2D eigenvalue weighted by Crippen LogP contribution is 2.21. The fourth-order valence-electron chi connectivity index (χ4n) is 1.73. The first-order valence-corrected chi connectivity index (χ1v) is 7.32. The van der Waals surface area contributed by atoms with Gasteiger partial charge in [0.2, 0.25) is 10.0 Å². The van der Waals surface area contributed by atoms with E-state index in [1.54, 1.807) is 25.1 Å². The van der Waals surface area contributed by atoms with Crippen LogP contribution >= 0.6 is 0 Å². The zero-order valence-corrected chi connectivity index (χ0v) is 11.7. The third kappa shape index (κ3) is 2.98. The smallest absolute Gasteiger partial charge is 0.243 e. The van der Waals surface area contributed by atoms with Gasteiger partial charge in [0.05, 0.1) is 4.90 Å². The second-order valence-electron chi connectivity index (χ2n) is 4.05. The molecule has 0 aliphatic heterocycles. The predicted molar refractivity (Wildman–Crippen MR) is 73.7 cm³/mol. The lowest BCUT2D eigenvalue weighted by Gasteiger charge is -2.20. The van der Waals surface area contributed by atoms with Crippen LogP contribution in [0.4, 0.5) is 0 Å². The SMILES string of the molecule is C=CCN(CC)S(=O)(=O)c1cc(CN)ccc1C. The van der Waals surface area contributed by atoms with Gasteiger partial charge in [-0.2, -0.15) is 4.31 Å². The number of hydrogen-bond donors (Lipinski definition) is 1. The first-order valence-electron chi connectivity index (χ1n) is 5.88. The standard InChI is InChI=1S/C13H20N2O2S/c1-4-8-15(5-2)18(16,17)13-9-12(10-14)7-6-11(13)3/h4,6-7,9H,1,5,8,10,14H2,2-3H3. The van der Waals surface area contributed by atoms with E-state index in [0.717, 1.165) is 11.1 Å². The van der Waals surface area contributed by atoms with Crippen molar-refractivity contribution < 1.29 is 8.42 Å². The van der Waals surface area contributed by atoms with E-state index in [4.69, 9.17) is 5.73 Å². The predicted octanol–water partition coefficient (Wildman–Crippen LogP) is 1.65. The highest BCUT2D eigenvalue weighted by molar-refractivity contribution is 7.89. The number of rotatable bonds is 6. The molecule has 1 aromatic carbocycles. The third-order valence-electron chi connectivity index (χ3n) is 2.79.